The third kappa shape index (κ3) is 11.7. The second-order valence-corrected chi connectivity index (χ2v) is 13.3. The van der Waals surface area contributed by atoms with Gasteiger partial charge >= 0.3 is 6.18 Å². The molecule has 12 heteroatoms. The van der Waals surface area contributed by atoms with Crippen molar-refractivity contribution >= 4 is 11.0 Å². The highest BCUT2D eigenvalue weighted by atomic mass is 19.4. The molecule has 0 bridgehead atoms. The molecule has 3 aromatic carbocycles. The van der Waals surface area contributed by atoms with E-state index in [1.54, 1.807) is 12.1 Å². The molecule has 0 aliphatic heterocycles. The average molecular weight is 759 g/mol. The van der Waals surface area contributed by atoms with Gasteiger partial charge in [0.25, 0.3) is 0 Å². The van der Waals surface area contributed by atoms with E-state index in [4.69, 9.17) is 23.9 Å². The minimum absolute atomic E-state index is 0.140. The first-order chi connectivity index (χ1) is 26.1. The summed E-state index contributed by atoms with van der Waals surface area (Å²) < 4.78 is 81.5. The number of fused-ring (bicyclic) bond motifs is 1. The van der Waals surface area contributed by atoms with Crippen LogP contribution in [0.3, 0.4) is 0 Å². The van der Waals surface area contributed by atoms with Crippen LogP contribution in [0.4, 0.5) is 17.6 Å². The molecule has 1 aromatic heterocycles. The van der Waals surface area contributed by atoms with Crippen molar-refractivity contribution in [3.8, 4) is 40.1 Å². The van der Waals surface area contributed by atoms with Crippen LogP contribution >= 0.6 is 0 Å². The third-order valence-electron chi connectivity index (χ3n) is 9.51. The summed E-state index contributed by atoms with van der Waals surface area (Å²) in [5, 5.41) is 0. The lowest BCUT2D eigenvalue weighted by Gasteiger charge is -2.18. The molecule has 0 radical (unpaired) electrons. The Labute approximate surface area is 318 Å². The van der Waals surface area contributed by atoms with Crippen LogP contribution in [0.2, 0.25) is 0 Å². The third-order valence-corrected chi connectivity index (χ3v) is 9.51. The monoisotopic (exact) mass is 758 g/mol. The summed E-state index contributed by atoms with van der Waals surface area (Å²) in [5.41, 5.74) is 0.906. The lowest BCUT2D eigenvalue weighted by molar-refractivity contribution is -0.140. The molecule has 0 amide bonds. The van der Waals surface area contributed by atoms with Gasteiger partial charge < -0.3 is 33.3 Å². The summed E-state index contributed by atoms with van der Waals surface area (Å²) in [5.74, 6) is 1.25. The molecule has 1 heterocycles. The fourth-order valence-electron chi connectivity index (χ4n) is 6.25. The Balaban J connectivity index is 1.77. The number of nitrogens with zero attached hydrogens (tertiary/aromatic N) is 4. The Morgan fingerprint density at radius 2 is 1.22 bits per heavy atom. The molecule has 4 aromatic rings. The van der Waals surface area contributed by atoms with Crippen molar-refractivity contribution in [1.82, 2.24) is 19.4 Å². The van der Waals surface area contributed by atoms with Crippen molar-refractivity contribution in [2.45, 2.75) is 92.8 Å². The molecule has 0 aliphatic rings. The van der Waals surface area contributed by atoms with E-state index in [0.717, 1.165) is 89.4 Å². The summed E-state index contributed by atoms with van der Waals surface area (Å²) in [6.07, 6.45) is 0.447. The topological polar surface area (TPSA) is 61.2 Å². The number of hydrogen-bond donors (Lipinski definition) is 0. The molecule has 0 spiro atoms. The number of alkyl halides is 3. The van der Waals surface area contributed by atoms with Gasteiger partial charge in [0.1, 0.15) is 40.2 Å². The predicted molar refractivity (Wildman–Crippen MR) is 208 cm³/mol. The number of halogens is 4. The Bertz CT molecular complexity index is 1740. The predicted octanol–water partition coefficient (Wildman–Crippen LogP) is 10.9. The maximum atomic E-state index is 14.0. The van der Waals surface area contributed by atoms with Crippen molar-refractivity contribution in [3.05, 3.63) is 59.9 Å². The Kier molecular flexibility index (Phi) is 16.7. The van der Waals surface area contributed by atoms with E-state index in [0.29, 0.717) is 66.6 Å². The summed E-state index contributed by atoms with van der Waals surface area (Å²) >= 11 is 0. The molecule has 54 heavy (non-hydrogen) atoms. The highest BCUT2D eigenvalue weighted by Gasteiger charge is 2.34. The minimum Gasteiger partial charge on any atom is -0.493 e. The largest absolute Gasteiger partial charge is 0.493 e. The smallest absolute Gasteiger partial charge is 0.419 e. The van der Waals surface area contributed by atoms with Crippen molar-refractivity contribution in [2.24, 2.45) is 0 Å². The number of hydrogen-bond acceptors (Lipinski definition) is 7. The zero-order valence-corrected chi connectivity index (χ0v) is 32.9. The van der Waals surface area contributed by atoms with Crippen LogP contribution in [0.1, 0.15) is 85.6 Å². The van der Waals surface area contributed by atoms with Crippen LogP contribution in [0, 0.1) is 5.82 Å². The van der Waals surface area contributed by atoms with Gasteiger partial charge in [-0.15, -0.1) is 0 Å². The standard InChI is InChI=1S/C42H58F4N4O4/c1-7-13-23-50-37-28-33(51-25-15-21-48(9-3)10-4)30-39(53-26-16-22-49(11-5)12-6)40(37)47-41(50)34-19-17-32(29-38(34)52-24-14-8-2)54-31-18-20-36(43)35(27-31)42(44,45)46/h17-20,27-30H,7-16,21-26H2,1-6H3. The van der Waals surface area contributed by atoms with Crippen molar-refractivity contribution < 1.29 is 36.5 Å². The molecule has 4 rings (SSSR count). The average Bonchev–Trinajstić information content (AvgIpc) is 3.52. The molecule has 298 valence electrons. The van der Waals surface area contributed by atoms with E-state index in [9.17, 15) is 17.6 Å². The van der Waals surface area contributed by atoms with Gasteiger partial charge in [0, 0.05) is 37.8 Å². The Morgan fingerprint density at radius 3 is 1.85 bits per heavy atom. The molecular weight excluding hydrogens is 700 g/mol. The van der Waals surface area contributed by atoms with Crippen molar-refractivity contribution in [3.63, 3.8) is 0 Å². The molecule has 0 saturated carbocycles. The molecule has 0 fully saturated rings. The molecule has 0 atom stereocenters. The molecule has 8 nitrogen and oxygen atoms in total. The number of benzene rings is 3. The fraction of sp³-hybridized carbons (Fsp3) is 0.548. The Hall–Kier alpha value is -4.03. The fourth-order valence-corrected chi connectivity index (χ4v) is 6.25. The van der Waals surface area contributed by atoms with Crippen LogP contribution in [-0.4, -0.2) is 78.4 Å². The number of unbranched alkanes of at least 4 members (excludes halogenated alkanes) is 2. The van der Waals surface area contributed by atoms with Gasteiger partial charge in [-0.25, -0.2) is 9.37 Å². The molecule has 0 saturated heterocycles. The summed E-state index contributed by atoms with van der Waals surface area (Å²) in [6.45, 7) is 20.9. The summed E-state index contributed by atoms with van der Waals surface area (Å²) in [6, 6.07) is 11.7. The lowest BCUT2D eigenvalue weighted by Crippen LogP contribution is -2.25. The molecule has 0 aliphatic carbocycles. The first-order valence-electron chi connectivity index (χ1n) is 19.6. The van der Waals surface area contributed by atoms with E-state index >= 15 is 0 Å². The normalized spacial score (nSPS) is 11.9. The van der Waals surface area contributed by atoms with Gasteiger partial charge in [0.15, 0.2) is 5.75 Å². The number of aromatic nitrogens is 2. The minimum atomic E-state index is -4.86. The van der Waals surface area contributed by atoms with Gasteiger partial charge in [-0.1, -0.05) is 54.4 Å². The van der Waals surface area contributed by atoms with Crippen molar-refractivity contribution in [2.75, 3.05) is 59.1 Å². The number of aryl methyl sites for hydroxylation is 1. The SMILES string of the molecule is CCCCOc1cc(Oc2ccc(F)c(C(F)(F)F)c2)ccc1-c1nc2c(OCCCN(CC)CC)cc(OCCCN(CC)CC)cc2n1CCCC. The van der Waals surface area contributed by atoms with Crippen LogP contribution < -0.4 is 18.9 Å². The van der Waals surface area contributed by atoms with E-state index in [2.05, 4.69) is 55.9 Å². The second kappa shape index (κ2) is 21.2. The maximum Gasteiger partial charge on any atom is 0.419 e. The van der Waals surface area contributed by atoms with Crippen LogP contribution in [0.25, 0.3) is 22.4 Å². The zero-order chi connectivity index (χ0) is 39.1. The first-order valence-corrected chi connectivity index (χ1v) is 19.6. The van der Waals surface area contributed by atoms with Gasteiger partial charge in [-0.2, -0.15) is 13.2 Å². The number of ether oxygens (including phenoxy) is 4. The van der Waals surface area contributed by atoms with Gasteiger partial charge in [0.05, 0.1) is 36.5 Å². The summed E-state index contributed by atoms with van der Waals surface area (Å²) in [4.78, 5) is 9.93. The number of rotatable bonds is 24. The first kappa shape index (κ1) is 42.7. The highest BCUT2D eigenvalue weighted by Crippen LogP contribution is 2.41. The van der Waals surface area contributed by atoms with Crippen LogP contribution in [0.5, 0.6) is 28.7 Å². The van der Waals surface area contributed by atoms with E-state index < -0.39 is 17.6 Å². The van der Waals surface area contributed by atoms with Crippen LogP contribution in [0.15, 0.2) is 48.5 Å². The zero-order valence-electron chi connectivity index (χ0n) is 32.9. The van der Waals surface area contributed by atoms with Crippen molar-refractivity contribution in [1.29, 1.82) is 0 Å². The van der Waals surface area contributed by atoms with Gasteiger partial charge in [-0.05, 0) is 82.2 Å². The second-order valence-electron chi connectivity index (χ2n) is 13.3. The molecular formula is C42H58F4N4O4. The van der Waals surface area contributed by atoms with E-state index in [1.165, 1.54) is 6.07 Å². The lowest BCUT2D eigenvalue weighted by atomic mass is 10.1. The summed E-state index contributed by atoms with van der Waals surface area (Å²) in [7, 11) is 0. The van der Waals surface area contributed by atoms with E-state index in [-0.39, 0.29) is 11.5 Å². The Morgan fingerprint density at radius 1 is 0.648 bits per heavy atom. The van der Waals surface area contributed by atoms with Gasteiger partial charge in [0.2, 0.25) is 0 Å². The number of imidazole rings is 1. The quantitative estimate of drug-likeness (QED) is 0.0521. The van der Waals surface area contributed by atoms with E-state index in [1.807, 2.05) is 18.2 Å². The molecule has 0 N–H and O–H groups in total. The van der Waals surface area contributed by atoms with Gasteiger partial charge in [-0.3, -0.25) is 0 Å². The maximum absolute atomic E-state index is 14.0. The van der Waals surface area contributed by atoms with Crippen LogP contribution in [-0.2, 0) is 12.7 Å². The molecule has 0 unspecified atom stereocenters. The highest BCUT2D eigenvalue weighted by molar-refractivity contribution is 5.88.